The highest BCUT2D eigenvalue weighted by molar-refractivity contribution is 5.78. The third-order valence-electron chi connectivity index (χ3n) is 4.95. The first-order valence-electron chi connectivity index (χ1n) is 8.86. The van der Waals surface area contributed by atoms with Gasteiger partial charge in [0.25, 0.3) is 0 Å². The Morgan fingerprint density at radius 2 is 1.88 bits per heavy atom. The minimum Gasteiger partial charge on any atom is -0.379 e. The predicted octanol–water partition coefficient (Wildman–Crippen LogP) is 3.12. The van der Waals surface area contributed by atoms with Crippen molar-refractivity contribution in [3.63, 3.8) is 0 Å². The quantitative estimate of drug-likeness (QED) is 0.880. The molecule has 0 spiro atoms. The number of hydrogen-bond donors (Lipinski definition) is 1. The highest BCUT2D eigenvalue weighted by atomic mass is 16.5. The number of ether oxygens (including phenoxy) is 1. The number of hydrogen-bond acceptors (Lipinski definition) is 3. The maximum atomic E-state index is 12.6. The molecule has 1 aromatic carbocycles. The molecular weight excluding hydrogens is 312 g/mol. The Kier molecular flexibility index (Phi) is 5.49. The zero-order valence-electron chi connectivity index (χ0n) is 14.9. The van der Waals surface area contributed by atoms with E-state index >= 15 is 0 Å². The number of benzene rings is 1. The second-order valence-corrected chi connectivity index (χ2v) is 7.46. The minimum atomic E-state index is -0.189. The van der Waals surface area contributed by atoms with Gasteiger partial charge in [0.2, 0.25) is 5.91 Å². The molecule has 4 heteroatoms. The van der Waals surface area contributed by atoms with Crippen LogP contribution in [0.4, 0.5) is 0 Å². The first-order valence-corrected chi connectivity index (χ1v) is 8.86. The van der Waals surface area contributed by atoms with Crippen LogP contribution in [0.25, 0.3) is 0 Å². The van der Waals surface area contributed by atoms with E-state index in [2.05, 4.69) is 36.3 Å². The van der Waals surface area contributed by atoms with E-state index in [0.29, 0.717) is 25.6 Å². The Labute approximate surface area is 149 Å². The zero-order chi connectivity index (χ0) is 17.7. The number of carbonyl (C=O) groups excluding carboxylic acids is 1. The van der Waals surface area contributed by atoms with E-state index in [9.17, 15) is 4.79 Å². The summed E-state index contributed by atoms with van der Waals surface area (Å²) in [5.41, 5.74) is 2.22. The van der Waals surface area contributed by atoms with E-state index in [4.69, 9.17) is 4.74 Å². The predicted molar refractivity (Wildman–Crippen MR) is 98.3 cm³/mol. The van der Waals surface area contributed by atoms with Crippen LogP contribution in [0.2, 0.25) is 0 Å². The van der Waals surface area contributed by atoms with E-state index in [0.717, 1.165) is 6.42 Å². The molecule has 1 aromatic heterocycles. The van der Waals surface area contributed by atoms with Crippen molar-refractivity contribution in [2.45, 2.75) is 38.1 Å². The SMILES string of the molecule is CC(C)(CC(=O)N[C@@H]1COC[C@H]1Cc1ccncc1)c1ccccc1. The number of amides is 1. The Morgan fingerprint density at radius 1 is 1.16 bits per heavy atom. The second-order valence-electron chi connectivity index (χ2n) is 7.46. The smallest absolute Gasteiger partial charge is 0.221 e. The monoisotopic (exact) mass is 338 g/mol. The maximum Gasteiger partial charge on any atom is 0.221 e. The molecule has 2 atom stereocenters. The Morgan fingerprint density at radius 3 is 2.60 bits per heavy atom. The number of aromatic nitrogens is 1. The average Bonchev–Trinajstić information content (AvgIpc) is 3.03. The van der Waals surface area contributed by atoms with Gasteiger partial charge in [-0.3, -0.25) is 9.78 Å². The molecule has 4 nitrogen and oxygen atoms in total. The van der Waals surface area contributed by atoms with Crippen LogP contribution in [-0.2, 0) is 21.4 Å². The lowest BCUT2D eigenvalue weighted by Crippen LogP contribution is -2.42. The molecule has 1 amide bonds. The lowest BCUT2D eigenvalue weighted by atomic mass is 9.81. The number of carbonyl (C=O) groups is 1. The van der Waals surface area contributed by atoms with Crippen LogP contribution in [0.1, 0.15) is 31.4 Å². The summed E-state index contributed by atoms with van der Waals surface area (Å²) in [4.78, 5) is 16.7. The molecule has 1 fully saturated rings. The Bertz CT molecular complexity index is 686. The summed E-state index contributed by atoms with van der Waals surface area (Å²) in [5.74, 6) is 0.398. The third kappa shape index (κ3) is 4.67. The summed E-state index contributed by atoms with van der Waals surface area (Å²) in [6.45, 7) is 5.51. The fourth-order valence-corrected chi connectivity index (χ4v) is 3.43. The lowest BCUT2D eigenvalue weighted by Gasteiger charge is -2.26. The lowest BCUT2D eigenvalue weighted by molar-refractivity contribution is -0.123. The van der Waals surface area contributed by atoms with Crippen molar-refractivity contribution in [2.24, 2.45) is 5.92 Å². The molecule has 0 saturated carbocycles. The van der Waals surface area contributed by atoms with Gasteiger partial charge in [-0.25, -0.2) is 0 Å². The van der Waals surface area contributed by atoms with Gasteiger partial charge in [0.15, 0.2) is 0 Å². The van der Waals surface area contributed by atoms with Gasteiger partial charge in [0.05, 0.1) is 19.3 Å². The first-order chi connectivity index (χ1) is 12.0. The van der Waals surface area contributed by atoms with E-state index in [1.54, 1.807) is 12.4 Å². The summed E-state index contributed by atoms with van der Waals surface area (Å²) >= 11 is 0. The minimum absolute atomic E-state index is 0.0761. The van der Waals surface area contributed by atoms with Crippen molar-refractivity contribution in [2.75, 3.05) is 13.2 Å². The van der Waals surface area contributed by atoms with Gasteiger partial charge in [-0.15, -0.1) is 0 Å². The van der Waals surface area contributed by atoms with Gasteiger partial charge in [0, 0.05) is 24.7 Å². The van der Waals surface area contributed by atoms with Crippen molar-refractivity contribution in [3.05, 3.63) is 66.0 Å². The molecule has 25 heavy (non-hydrogen) atoms. The van der Waals surface area contributed by atoms with Crippen LogP contribution < -0.4 is 5.32 Å². The fraction of sp³-hybridized carbons (Fsp3) is 0.429. The van der Waals surface area contributed by atoms with Crippen LogP contribution in [0.3, 0.4) is 0 Å². The summed E-state index contributed by atoms with van der Waals surface area (Å²) in [6.07, 6.45) is 4.98. The van der Waals surface area contributed by atoms with E-state index in [1.807, 2.05) is 30.3 Å². The van der Waals surface area contributed by atoms with Crippen molar-refractivity contribution < 1.29 is 9.53 Å². The summed E-state index contributed by atoms with van der Waals surface area (Å²) in [6, 6.07) is 14.3. The van der Waals surface area contributed by atoms with Gasteiger partial charge >= 0.3 is 0 Å². The fourth-order valence-electron chi connectivity index (χ4n) is 3.43. The normalized spacial score (nSPS) is 20.4. The molecule has 1 aliphatic rings. The Hall–Kier alpha value is -2.20. The zero-order valence-corrected chi connectivity index (χ0v) is 14.9. The number of pyridine rings is 1. The van der Waals surface area contributed by atoms with Crippen LogP contribution >= 0.6 is 0 Å². The molecule has 0 aliphatic carbocycles. The van der Waals surface area contributed by atoms with Gasteiger partial charge in [0.1, 0.15) is 0 Å². The van der Waals surface area contributed by atoms with Crippen LogP contribution in [0.15, 0.2) is 54.9 Å². The molecule has 2 heterocycles. The molecule has 1 N–H and O–H groups in total. The number of rotatable bonds is 6. The van der Waals surface area contributed by atoms with Gasteiger partial charge in [-0.2, -0.15) is 0 Å². The van der Waals surface area contributed by atoms with Gasteiger partial charge < -0.3 is 10.1 Å². The van der Waals surface area contributed by atoms with E-state index in [1.165, 1.54) is 11.1 Å². The van der Waals surface area contributed by atoms with Crippen LogP contribution in [0, 0.1) is 5.92 Å². The molecule has 132 valence electrons. The average molecular weight is 338 g/mol. The maximum absolute atomic E-state index is 12.6. The van der Waals surface area contributed by atoms with E-state index < -0.39 is 0 Å². The molecule has 0 unspecified atom stereocenters. The molecular formula is C21H26N2O2. The summed E-state index contributed by atoms with van der Waals surface area (Å²) in [7, 11) is 0. The van der Waals surface area contributed by atoms with Crippen LogP contribution in [-0.4, -0.2) is 30.1 Å². The Balaban J connectivity index is 1.58. The molecule has 2 aromatic rings. The number of nitrogens with one attached hydrogen (secondary N) is 1. The number of nitrogens with zero attached hydrogens (tertiary/aromatic N) is 1. The van der Waals surface area contributed by atoms with Crippen molar-refractivity contribution in [1.29, 1.82) is 0 Å². The molecule has 0 bridgehead atoms. The van der Waals surface area contributed by atoms with Crippen molar-refractivity contribution >= 4 is 5.91 Å². The van der Waals surface area contributed by atoms with E-state index in [-0.39, 0.29) is 17.4 Å². The summed E-state index contributed by atoms with van der Waals surface area (Å²) in [5, 5.41) is 3.20. The van der Waals surface area contributed by atoms with Gasteiger partial charge in [-0.05, 0) is 35.1 Å². The topological polar surface area (TPSA) is 51.2 Å². The second kappa shape index (κ2) is 7.79. The molecule has 3 rings (SSSR count). The highest BCUT2D eigenvalue weighted by Crippen LogP contribution is 2.27. The van der Waals surface area contributed by atoms with Crippen LogP contribution in [0.5, 0.6) is 0 Å². The molecule has 1 aliphatic heterocycles. The first kappa shape index (κ1) is 17.6. The molecule has 1 saturated heterocycles. The highest BCUT2D eigenvalue weighted by Gasteiger charge is 2.31. The van der Waals surface area contributed by atoms with Gasteiger partial charge in [-0.1, -0.05) is 44.2 Å². The third-order valence-corrected chi connectivity index (χ3v) is 4.95. The standard InChI is InChI=1S/C21H26N2O2/c1-21(2,18-6-4-3-5-7-18)13-20(24)23-19-15-25-14-17(19)12-16-8-10-22-11-9-16/h3-11,17,19H,12-15H2,1-2H3,(H,23,24)/t17-,19-/m1/s1. The van der Waals surface area contributed by atoms with Crippen molar-refractivity contribution in [1.82, 2.24) is 10.3 Å². The molecule has 0 radical (unpaired) electrons. The largest absolute Gasteiger partial charge is 0.379 e. The van der Waals surface area contributed by atoms with Crippen molar-refractivity contribution in [3.8, 4) is 0 Å². The summed E-state index contributed by atoms with van der Waals surface area (Å²) < 4.78 is 5.63.